The van der Waals surface area contributed by atoms with Crippen LogP contribution in [-0.4, -0.2) is 16.5 Å². The number of hydrogen-bond acceptors (Lipinski definition) is 3. The first-order valence-corrected chi connectivity index (χ1v) is 6.93. The highest BCUT2D eigenvalue weighted by molar-refractivity contribution is 5.45. The van der Waals surface area contributed by atoms with Crippen molar-refractivity contribution >= 4 is 5.82 Å². The van der Waals surface area contributed by atoms with Gasteiger partial charge in [0, 0.05) is 24.2 Å². The second-order valence-electron chi connectivity index (χ2n) is 4.89. The Morgan fingerprint density at radius 2 is 1.90 bits per heavy atom. The van der Waals surface area contributed by atoms with Crippen molar-refractivity contribution in [2.75, 3.05) is 11.9 Å². The lowest BCUT2D eigenvalue weighted by Crippen LogP contribution is -2.09. The third kappa shape index (κ3) is 3.32. The molecule has 0 aliphatic heterocycles. The quantitative estimate of drug-likeness (QED) is 0.903. The Morgan fingerprint density at radius 1 is 1.15 bits per heavy atom. The van der Waals surface area contributed by atoms with Gasteiger partial charge in [-0.05, 0) is 31.9 Å². The summed E-state index contributed by atoms with van der Waals surface area (Å²) in [6.07, 6.45) is 1.44. The molecule has 0 radical (unpaired) electrons. The summed E-state index contributed by atoms with van der Waals surface area (Å²) in [5.41, 5.74) is 2.61. The Kier molecular flexibility index (Phi) is 4.66. The lowest BCUT2D eigenvalue weighted by Gasteiger charge is -2.12. The molecule has 0 unspecified atom stereocenters. The van der Waals surface area contributed by atoms with Crippen LogP contribution in [0, 0.1) is 19.7 Å². The molecule has 0 aliphatic carbocycles. The summed E-state index contributed by atoms with van der Waals surface area (Å²) in [6, 6.07) is 6.75. The lowest BCUT2D eigenvalue weighted by atomic mass is 10.1. The van der Waals surface area contributed by atoms with Gasteiger partial charge in [-0.3, -0.25) is 0 Å². The zero-order valence-electron chi connectivity index (χ0n) is 12.2. The van der Waals surface area contributed by atoms with Crippen LogP contribution < -0.4 is 5.32 Å². The number of aromatic nitrogens is 2. The highest BCUT2D eigenvalue weighted by Crippen LogP contribution is 2.17. The molecule has 0 amide bonds. The molecular weight excluding hydrogens is 253 g/mol. The Morgan fingerprint density at radius 3 is 2.60 bits per heavy atom. The van der Waals surface area contributed by atoms with Gasteiger partial charge in [0.05, 0.1) is 0 Å². The maximum atomic E-state index is 13.7. The zero-order valence-corrected chi connectivity index (χ0v) is 12.2. The molecule has 2 aromatic rings. The van der Waals surface area contributed by atoms with E-state index in [1.807, 2.05) is 19.9 Å². The lowest BCUT2D eigenvalue weighted by molar-refractivity contribution is 0.612. The average molecular weight is 273 g/mol. The van der Waals surface area contributed by atoms with Crippen LogP contribution in [0.25, 0.3) is 0 Å². The van der Waals surface area contributed by atoms with Crippen molar-refractivity contribution in [1.82, 2.24) is 9.97 Å². The third-order valence-corrected chi connectivity index (χ3v) is 3.28. The van der Waals surface area contributed by atoms with E-state index in [0.29, 0.717) is 17.8 Å². The molecule has 0 fully saturated rings. The van der Waals surface area contributed by atoms with Gasteiger partial charge in [0.2, 0.25) is 0 Å². The van der Waals surface area contributed by atoms with E-state index in [1.54, 1.807) is 12.1 Å². The average Bonchev–Trinajstić information content (AvgIpc) is 2.43. The largest absolute Gasteiger partial charge is 0.370 e. The zero-order chi connectivity index (χ0) is 14.5. The fraction of sp³-hybridized carbons (Fsp3) is 0.375. The number of hydrogen-bond donors (Lipinski definition) is 1. The number of rotatable bonds is 5. The summed E-state index contributed by atoms with van der Waals surface area (Å²) in [4.78, 5) is 8.98. The Balaban J connectivity index is 2.28. The van der Waals surface area contributed by atoms with Gasteiger partial charge in [0.15, 0.2) is 0 Å². The van der Waals surface area contributed by atoms with Gasteiger partial charge >= 0.3 is 0 Å². The molecule has 1 N–H and O–H groups in total. The standard InChI is InChI=1S/C16H20FN3/c1-4-9-18-16-11(2)12(3)19-15(20-16)10-13-7-5-6-8-14(13)17/h5-8H,4,9-10H2,1-3H3,(H,18,19,20). The van der Waals surface area contributed by atoms with Gasteiger partial charge in [-0.25, -0.2) is 14.4 Å². The van der Waals surface area contributed by atoms with Crippen LogP contribution in [0.4, 0.5) is 10.2 Å². The SMILES string of the molecule is CCCNc1nc(Cc2ccccc2F)nc(C)c1C. The number of anilines is 1. The number of nitrogens with zero attached hydrogens (tertiary/aromatic N) is 2. The maximum absolute atomic E-state index is 13.7. The van der Waals surface area contributed by atoms with E-state index in [-0.39, 0.29) is 5.82 Å². The molecule has 0 spiro atoms. The molecule has 1 aromatic carbocycles. The minimum Gasteiger partial charge on any atom is -0.370 e. The van der Waals surface area contributed by atoms with E-state index < -0.39 is 0 Å². The highest BCUT2D eigenvalue weighted by Gasteiger charge is 2.10. The smallest absolute Gasteiger partial charge is 0.135 e. The summed E-state index contributed by atoms with van der Waals surface area (Å²) in [7, 11) is 0. The number of nitrogens with one attached hydrogen (secondary N) is 1. The Labute approximate surface area is 119 Å². The second kappa shape index (κ2) is 6.46. The molecule has 4 heteroatoms. The van der Waals surface area contributed by atoms with Crippen molar-refractivity contribution < 1.29 is 4.39 Å². The predicted molar refractivity (Wildman–Crippen MR) is 79.5 cm³/mol. The van der Waals surface area contributed by atoms with Crippen LogP contribution in [0.15, 0.2) is 24.3 Å². The van der Waals surface area contributed by atoms with Crippen LogP contribution in [0.5, 0.6) is 0 Å². The van der Waals surface area contributed by atoms with Crippen LogP contribution in [0.3, 0.4) is 0 Å². The summed E-state index contributed by atoms with van der Waals surface area (Å²) in [5, 5.41) is 3.30. The summed E-state index contributed by atoms with van der Waals surface area (Å²) >= 11 is 0. The molecule has 0 aliphatic rings. The normalized spacial score (nSPS) is 10.6. The second-order valence-corrected chi connectivity index (χ2v) is 4.89. The number of benzene rings is 1. The third-order valence-electron chi connectivity index (χ3n) is 3.28. The van der Waals surface area contributed by atoms with Gasteiger partial charge in [-0.15, -0.1) is 0 Å². The van der Waals surface area contributed by atoms with Crippen molar-refractivity contribution in [2.24, 2.45) is 0 Å². The number of aryl methyl sites for hydroxylation is 1. The molecule has 0 saturated heterocycles. The van der Waals surface area contributed by atoms with Crippen LogP contribution >= 0.6 is 0 Å². The van der Waals surface area contributed by atoms with E-state index >= 15 is 0 Å². The van der Waals surface area contributed by atoms with E-state index in [4.69, 9.17) is 0 Å². The fourth-order valence-corrected chi connectivity index (χ4v) is 1.99. The topological polar surface area (TPSA) is 37.8 Å². The molecule has 1 heterocycles. The van der Waals surface area contributed by atoms with E-state index in [9.17, 15) is 4.39 Å². The van der Waals surface area contributed by atoms with Crippen molar-refractivity contribution in [2.45, 2.75) is 33.6 Å². The predicted octanol–water partition coefficient (Wildman–Crippen LogP) is 3.65. The molecular formula is C16H20FN3. The number of halogens is 1. The van der Waals surface area contributed by atoms with Gasteiger partial charge in [0.25, 0.3) is 0 Å². The van der Waals surface area contributed by atoms with Crippen molar-refractivity contribution in [1.29, 1.82) is 0 Å². The molecule has 106 valence electrons. The Bertz CT molecular complexity index is 596. The van der Waals surface area contributed by atoms with Crippen molar-refractivity contribution in [3.8, 4) is 0 Å². The van der Waals surface area contributed by atoms with Gasteiger partial charge < -0.3 is 5.32 Å². The molecule has 2 rings (SSSR count). The van der Waals surface area contributed by atoms with Crippen LogP contribution in [0.1, 0.15) is 36.0 Å². The fourth-order valence-electron chi connectivity index (χ4n) is 1.99. The maximum Gasteiger partial charge on any atom is 0.135 e. The molecule has 1 aromatic heterocycles. The first-order valence-electron chi connectivity index (χ1n) is 6.93. The van der Waals surface area contributed by atoms with Crippen LogP contribution in [0.2, 0.25) is 0 Å². The van der Waals surface area contributed by atoms with Crippen LogP contribution in [-0.2, 0) is 6.42 Å². The molecule has 20 heavy (non-hydrogen) atoms. The minimum atomic E-state index is -0.211. The summed E-state index contributed by atoms with van der Waals surface area (Å²) < 4.78 is 13.7. The monoisotopic (exact) mass is 273 g/mol. The summed E-state index contributed by atoms with van der Waals surface area (Å²) in [5.74, 6) is 1.29. The van der Waals surface area contributed by atoms with Gasteiger partial charge in [0.1, 0.15) is 17.5 Å². The van der Waals surface area contributed by atoms with Gasteiger partial charge in [-0.1, -0.05) is 25.1 Å². The van der Waals surface area contributed by atoms with Gasteiger partial charge in [-0.2, -0.15) is 0 Å². The molecule has 0 bridgehead atoms. The summed E-state index contributed by atoms with van der Waals surface area (Å²) in [6.45, 7) is 6.94. The van der Waals surface area contributed by atoms with E-state index in [1.165, 1.54) is 6.07 Å². The molecule has 3 nitrogen and oxygen atoms in total. The van der Waals surface area contributed by atoms with E-state index in [0.717, 1.165) is 30.0 Å². The first-order chi connectivity index (χ1) is 9.61. The molecule has 0 saturated carbocycles. The molecule has 0 atom stereocenters. The van der Waals surface area contributed by atoms with Crippen molar-refractivity contribution in [3.63, 3.8) is 0 Å². The van der Waals surface area contributed by atoms with Crippen molar-refractivity contribution in [3.05, 3.63) is 52.7 Å². The van der Waals surface area contributed by atoms with E-state index in [2.05, 4.69) is 22.2 Å². The minimum absolute atomic E-state index is 0.211. The Hall–Kier alpha value is -1.97. The first kappa shape index (κ1) is 14.4. The highest BCUT2D eigenvalue weighted by atomic mass is 19.1.